The van der Waals surface area contributed by atoms with Gasteiger partial charge in [0.2, 0.25) is 0 Å². The second kappa shape index (κ2) is 7.21. The molecule has 1 amide bonds. The van der Waals surface area contributed by atoms with Crippen LogP contribution in [0, 0.1) is 0 Å². The molecular formula is C18H23N3O3. The topological polar surface area (TPSA) is 97.5 Å². The summed E-state index contributed by atoms with van der Waals surface area (Å²) in [6.07, 6.45) is 2.49. The second-order valence-electron chi connectivity index (χ2n) is 6.53. The fourth-order valence-electron chi connectivity index (χ4n) is 2.17. The van der Waals surface area contributed by atoms with Crippen molar-refractivity contribution >= 4 is 17.6 Å². The third-order valence-electron chi connectivity index (χ3n) is 3.32. The first-order valence-electron chi connectivity index (χ1n) is 7.76. The fourth-order valence-corrected chi connectivity index (χ4v) is 2.17. The average Bonchev–Trinajstić information content (AvgIpc) is 2.48. The summed E-state index contributed by atoms with van der Waals surface area (Å²) >= 11 is 0. The van der Waals surface area contributed by atoms with Crippen LogP contribution < -0.4 is 11.1 Å². The number of ether oxygens (including phenoxy) is 1. The van der Waals surface area contributed by atoms with Crippen molar-refractivity contribution < 1.29 is 14.6 Å². The molecule has 2 aromatic rings. The number of aryl methyl sites for hydroxylation is 2. The van der Waals surface area contributed by atoms with E-state index in [4.69, 9.17) is 10.5 Å². The van der Waals surface area contributed by atoms with Crippen LogP contribution in [0.4, 0.5) is 16.3 Å². The molecular weight excluding hydrogens is 306 g/mol. The van der Waals surface area contributed by atoms with E-state index in [2.05, 4.69) is 10.3 Å². The highest BCUT2D eigenvalue weighted by molar-refractivity contribution is 5.84. The summed E-state index contributed by atoms with van der Waals surface area (Å²) in [5.41, 5.74) is 7.57. The third-order valence-corrected chi connectivity index (χ3v) is 3.32. The predicted molar refractivity (Wildman–Crippen MR) is 94.0 cm³/mol. The number of anilines is 2. The van der Waals surface area contributed by atoms with E-state index in [-0.39, 0.29) is 11.6 Å². The van der Waals surface area contributed by atoms with E-state index in [1.807, 2.05) is 45.0 Å². The number of nitrogens with two attached hydrogens (primary N) is 1. The molecule has 0 aliphatic heterocycles. The molecule has 1 heterocycles. The van der Waals surface area contributed by atoms with Gasteiger partial charge in [-0.25, -0.2) is 9.78 Å². The zero-order valence-corrected chi connectivity index (χ0v) is 14.2. The van der Waals surface area contributed by atoms with Crippen LogP contribution in [0.2, 0.25) is 0 Å². The first-order valence-corrected chi connectivity index (χ1v) is 7.76. The summed E-state index contributed by atoms with van der Waals surface area (Å²) in [6, 6.07) is 9.24. The van der Waals surface area contributed by atoms with Crippen LogP contribution in [0.1, 0.15) is 31.9 Å². The van der Waals surface area contributed by atoms with Gasteiger partial charge in [0.05, 0.1) is 0 Å². The number of aromatic nitrogens is 1. The van der Waals surface area contributed by atoms with Crippen molar-refractivity contribution in [2.45, 2.75) is 39.2 Å². The maximum atomic E-state index is 11.7. The first-order chi connectivity index (χ1) is 11.2. The molecule has 0 saturated carbocycles. The van der Waals surface area contributed by atoms with E-state index in [1.54, 1.807) is 12.3 Å². The Morgan fingerprint density at radius 2 is 1.88 bits per heavy atom. The number of hydrogen-bond acceptors (Lipinski definition) is 5. The standard InChI is InChI=1S/C18H23N3O3/c1-18(2,3)24-17(23)21-14-8-5-12(6-9-14)4-7-13-10-11-20-16(19)15(13)22/h5-6,8-11,22H,4,7H2,1-3H3,(H2,19,20)(H,21,23). The molecule has 128 valence electrons. The maximum absolute atomic E-state index is 11.7. The number of nitrogens with zero attached hydrogens (tertiary/aromatic N) is 1. The molecule has 0 atom stereocenters. The van der Waals surface area contributed by atoms with Gasteiger partial charge in [-0.1, -0.05) is 12.1 Å². The molecule has 0 unspecified atom stereocenters. The Bertz CT molecular complexity index is 706. The lowest BCUT2D eigenvalue weighted by Gasteiger charge is -2.19. The van der Waals surface area contributed by atoms with Crippen molar-refractivity contribution in [2.24, 2.45) is 0 Å². The van der Waals surface area contributed by atoms with E-state index >= 15 is 0 Å². The predicted octanol–water partition coefficient (Wildman–Crippen LogP) is 3.50. The summed E-state index contributed by atoms with van der Waals surface area (Å²) in [4.78, 5) is 15.5. The lowest BCUT2D eigenvalue weighted by molar-refractivity contribution is 0.0636. The van der Waals surface area contributed by atoms with Gasteiger partial charge < -0.3 is 15.6 Å². The van der Waals surface area contributed by atoms with Crippen LogP contribution in [0.5, 0.6) is 5.75 Å². The second-order valence-corrected chi connectivity index (χ2v) is 6.53. The summed E-state index contributed by atoms with van der Waals surface area (Å²) < 4.78 is 5.21. The Morgan fingerprint density at radius 3 is 2.50 bits per heavy atom. The molecule has 4 N–H and O–H groups in total. The Hall–Kier alpha value is -2.76. The molecule has 0 aliphatic rings. The van der Waals surface area contributed by atoms with E-state index in [9.17, 15) is 9.90 Å². The molecule has 6 nitrogen and oxygen atoms in total. The zero-order valence-electron chi connectivity index (χ0n) is 14.2. The van der Waals surface area contributed by atoms with Crippen molar-refractivity contribution in [3.05, 3.63) is 47.7 Å². The van der Waals surface area contributed by atoms with Gasteiger partial charge in [0, 0.05) is 11.9 Å². The van der Waals surface area contributed by atoms with E-state index in [1.165, 1.54) is 0 Å². The molecule has 0 bridgehead atoms. The molecule has 6 heteroatoms. The molecule has 1 aromatic carbocycles. The average molecular weight is 329 g/mol. The van der Waals surface area contributed by atoms with Crippen LogP contribution >= 0.6 is 0 Å². The third kappa shape index (κ3) is 5.15. The largest absolute Gasteiger partial charge is 0.504 e. The molecule has 2 rings (SSSR count). The fraction of sp³-hybridized carbons (Fsp3) is 0.333. The van der Waals surface area contributed by atoms with Crippen molar-refractivity contribution in [2.75, 3.05) is 11.1 Å². The number of aromatic hydroxyl groups is 1. The van der Waals surface area contributed by atoms with E-state index in [0.29, 0.717) is 12.1 Å². The lowest BCUT2D eigenvalue weighted by atomic mass is 10.0. The summed E-state index contributed by atoms with van der Waals surface area (Å²) in [7, 11) is 0. The van der Waals surface area contributed by atoms with Crippen molar-refractivity contribution in [3.63, 3.8) is 0 Å². The number of nitrogen functional groups attached to an aromatic ring is 1. The monoisotopic (exact) mass is 329 g/mol. The number of hydrogen-bond donors (Lipinski definition) is 3. The number of carbonyl (C=O) groups excluding carboxylic acids is 1. The Balaban J connectivity index is 1.92. The molecule has 0 saturated heterocycles. The van der Waals surface area contributed by atoms with Crippen LogP contribution in [0.3, 0.4) is 0 Å². The van der Waals surface area contributed by atoms with Crippen molar-refractivity contribution in [3.8, 4) is 5.75 Å². The van der Waals surface area contributed by atoms with Gasteiger partial charge in [-0.2, -0.15) is 0 Å². The van der Waals surface area contributed by atoms with E-state index in [0.717, 1.165) is 17.5 Å². The molecule has 0 aliphatic carbocycles. The number of amides is 1. The van der Waals surface area contributed by atoms with Gasteiger partial charge in [-0.15, -0.1) is 0 Å². The normalized spacial score (nSPS) is 11.1. The van der Waals surface area contributed by atoms with E-state index < -0.39 is 11.7 Å². The molecule has 0 spiro atoms. The summed E-state index contributed by atoms with van der Waals surface area (Å²) in [5, 5.41) is 12.6. The highest BCUT2D eigenvalue weighted by atomic mass is 16.6. The smallest absolute Gasteiger partial charge is 0.412 e. The Kier molecular flexibility index (Phi) is 5.28. The Labute approximate surface area is 141 Å². The molecule has 24 heavy (non-hydrogen) atoms. The number of rotatable bonds is 4. The van der Waals surface area contributed by atoms with Crippen molar-refractivity contribution in [1.29, 1.82) is 0 Å². The van der Waals surface area contributed by atoms with Gasteiger partial charge in [0.15, 0.2) is 11.6 Å². The molecule has 1 aromatic heterocycles. The van der Waals surface area contributed by atoms with Crippen molar-refractivity contribution in [1.82, 2.24) is 4.98 Å². The molecule has 0 radical (unpaired) electrons. The quantitative estimate of drug-likeness (QED) is 0.797. The number of carbonyl (C=O) groups is 1. The van der Waals surface area contributed by atoms with Crippen LogP contribution in [0.15, 0.2) is 36.5 Å². The highest BCUT2D eigenvalue weighted by Crippen LogP contribution is 2.23. The minimum absolute atomic E-state index is 0.0423. The first kappa shape index (κ1) is 17.6. The van der Waals surface area contributed by atoms with Crippen LogP contribution in [0.25, 0.3) is 0 Å². The molecule has 0 fully saturated rings. The zero-order chi connectivity index (χ0) is 17.7. The minimum atomic E-state index is -0.529. The Morgan fingerprint density at radius 1 is 1.21 bits per heavy atom. The summed E-state index contributed by atoms with van der Waals surface area (Å²) in [6.45, 7) is 5.45. The number of nitrogens with one attached hydrogen (secondary N) is 1. The van der Waals surface area contributed by atoms with Gasteiger partial charge in [0.25, 0.3) is 0 Å². The number of benzene rings is 1. The summed E-state index contributed by atoms with van der Waals surface area (Å²) in [5.74, 6) is 0.185. The van der Waals surface area contributed by atoms with Crippen LogP contribution in [-0.4, -0.2) is 21.8 Å². The maximum Gasteiger partial charge on any atom is 0.412 e. The van der Waals surface area contributed by atoms with Gasteiger partial charge in [0.1, 0.15) is 5.60 Å². The highest BCUT2D eigenvalue weighted by Gasteiger charge is 2.16. The van der Waals surface area contributed by atoms with Gasteiger partial charge in [-0.3, -0.25) is 5.32 Å². The van der Waals surface area contributed by atoms with Gasteiger partial charge >= 0.3 is 6.09 Å². The van der Waals surface area contributed by atoms with Gasteiger partial charge in [-0.05, 0) is 62.9 Å². The number of pyridine rings is 1. The lowest BCUT2D eigenvalue weighted by Crippen LogP contribution is -2.27. The SMILES string of the molecule is CC(C)(C)OC(=O)Nc1ccc(CCc2ccnc(N)c2O)cc1. The van der Waals surface area contributed by atoms with Crippen LogP contribution in [-0.2, 0) is 17.6 Å². The minimum Gasteiger partial charge on any atom is -0.504 e.